The molecule has 1 saturated heterocycles. The second kappa shape index (κ2) is 9.48. The lowest BCUT2D eigenvalue weighted by Gasteiger charge is -2.37. The lowest BCUT2D eigenvalue weighted by molar-refractivity contribution is -0.121. The number of hydrogen-bond acceptors (Lipinski definition) is 4. The zero-order valence-corrected chi connectivity index (χ0v) is 17.8. The molecule has 0 aromatic heterocycles. The number of carbonyl (C=O) groups excluding carboxylic acids is 2. The first-order valence-electron chi connectivity index (χ1n) is 9.32. The molecule has 0 bridgehead atoms. The minimum absolute atomic E-state index is 0.0219. The van der Waals surface area contributed by atoms with Crippen LogP contribution in [0.3, 0.4) is 0 Å². The van der Waals surface area contributed by atoms with Gasteiger partial charge in [-0.1, -0.05) is 23.2 Å². The zero-order valence-electron chi connectivity index (χ0n) is 16.3. The molecule has 2 amide bonds. The molecule has 1 aliphatic heterocycles. The van der Waals surface area contributed by atoms with Gasteiger partial charge in [0, 0.05) is 42.5 Å². The molecular weight excluding hydrogens is 413 g/mol. The molecule has 6 nitrogen and oxygen atoms in total. The summed E-state index contributed by atoms with van der Waals surface area (Å²) in [7, 11) is 1.54. The summed E-state index contributed by atoms with van der Waals surface area (Å²) in [5.41, 5.74) is 1.23. The molecule has 0 spiro atoms. The smallest absolute Gasteiger partial charge is 0.253 e. The second-order valence-corrected chi connectivity index (χ2v) is 7.69. The molecule has 0 aliphatic carbocycles. The molecule has 1 unspecified atom stereocenters. The van der Waals surface area contributed by atoms with Crippen LogP contribution in [0.15, 0.2) is 42.5 Å². The van der Waals surface area contributed by atoms with Crippen LogP contribution in [0, 0.1) is 0 Å². The molecule has 0 saturated carbocycles. The number of methoxy groups -OCH3 is 1. The Morgan fingerprint density at radius 3 is 2.28 bits per heavy atom. The predicted molar refractivity (Wildman–Crippen MR) is 115 cm³/mol. The Balaban J connectivity index is 1.54. The SMILES string of the molecule is COc1ccc(NC(=O)C(C)N2CCN(C(=O)c3ccc(Cl)cc3)CC2)cc1Cl. The van der Waals surface area contributed by atoms with Gasteiger partial charge in [0.15, 0.2) is 0 Å². The number of ether oxygens (including phenoxy) is 1. The van der Waals surface area contributed by atoms with E-state index in [1.807, 2.05) is 6.92 Å². The maximum Gasteiger partial charge on any atom is 0.253 e. The van der Waals surface area contributed by atoms with E-state index in [1.165, 1.54) is 0 Å². The highest BCUT2D eigenvalue weighted by Crippen LogP contribution is 2.27. The molecule has 2 aromatic rings. The van der Waals surface area contributed by atoms with Gasteiger partial charge in [0.25, 0.3) is 5.91 Å². The van der Waals surface area contributed by atoms with Crippen molar-refractivity contribution in [1.29, 1.82) is 0 Å². The van der Waals surface area contributed by atoms with Gasteiger partial charge in [-0.05, 0) is 49.4 Å². The molecule has 8 heteroatoms. The van der Waals surface area contributed by atoms with Crippen molar-refractivity contribution >= 4 is 40.7 Å². The molecule has 0 radical (unpaired) electrons. The second-order valence-electron chi connectivity index (χ2n) is 6.85. The third-order valence-corrected chi connectivity index (χ3v) is 5.59. The van der Waals surface area contributed by atoms with E-state index in [4.69, 9.17) is 27.9 Å². The Morgan fingerprint density at radius 2 is 1.69 bits per heavy atom. The number of hydrogen-bond donors (Lipinski definition) is 1. The van der Waals surface area contributed by atoms with Crippen molar-refractivity contribution in [2.75, 3.05) is 38.6 Å². The van der Waals surface area contributed by atoms with E-state index < -0.39 is 0 Å². The van der Waals surface area contributed by atoms with Gasteiger partial charge in [-0.3, -0.25) is 14.5 Å². The third kappa shape index (κ3) is 5.21. The van der Waals surface area contributed by atoms with E-state index in [-0.39, 0.29) is 17.9 Å². The number of nitrogens with zero attached hydrogens (tertiary/aromatic N) is 2. The number of benzene rings is 2. The van der Waals surface area contributed by atoms with Crippen LogP contribution in [0.2, 0.25) is 10.0 Å². The van der Waals surface area contributed by atoms with Crippen molar-refractivity contribution in [2.24, 2.45) is 0 Å². The maximum absolute atomic E-state index is 12.6. The van der Waals surface area contributed by atoms with E-state index in [0.29, 0.717) is 53.2 Å². The number of piperazine rings is 1. The summed E-state index contributed by atoms with van der Waals surface area (Å²) in [6.45, 7) is 4.23. The Bertz CT molecular complexity index is 881. The Morgan fingerprint density at radius 1 is 1.03 bits per heavy atom. The van der Waals surface area contributed by atoms with Crippen LogP contribution >= 0.6 is 23.2 Å². The minimum Gasteiger partial charge on any atom is -0.495 e. The van der Waals surface area contributed by atoms with Crippen molar-refractivity contribution in [3.8, 4) is 5.75 Å². The number of carbonyl (C=O) groups is 2. The third-order valence-electron chi connectivity index (χ3n) is 5.04. The van der Waals surface area contributed by atoms with Gasteiger partial charge in [0.1, 0.15) is 5.75 Å². The van der Waals surface area contributed by atoms with Crippen molar-refractivity contribution in [3.63, 3.8) is 0 Å². The Hall–Kier alpha value is -2.28. The zero-order chi connectivity index (χ0) is 21.0. The Labute approximate surface area is 180 Å². The highest BCUT2D eigenvalue weighted by atomic mass is 35.5. The monoisotopic (exact) mass is 435 g/mol. The van der Waals surface area contributed by atoms with Crippen LogP contribution in [-0.4, -0.2) is 60.9 Å². The molecule has 29 heavy (non-hydrogen) atoms. The highest BCUT2D eigenvalue weighted by Gasteiger charge is 2.28. The van der Waals surface area contributed by atoms with Crippen molar-refractivity contribution in [2.45, 2.75) is 13.0 Å². The molecule has 154 valence electrons. The number of halogens is 2. The fraction of sp³-hybridized carbons (Fsp3) is 0.333. The minimum atomic E-state index is -0.330. The van der Waals surface area contributed by atoms with Gasteiger partial charge in [-0.2, -0.15) is 0 Å². The molecule has 2 aromatic carbocycles. The molecule has 3 rings (SSSR count). The quantitative estimate of drug-likeness (QED) is 0.775. The van der Waals surface area contributed by atoms with Gasteiger partial charge in [0.05, 0.1) is 18.2 Å². The molecule has 1 aliphatic rings. The van der Waals surface area contributed by atoms with E-state index in [0.717, 1.165) is 0 Å². The maximum atomic E-state index is 12.6. The molecule has 1 atom stereocenters. The van der Waals surface area contributed by atoms with E-state index >= 15 is 0 Å². The average Bonchev–Trinajstić information content (AvgIpc) is 2.73. The number of rotatable bonds is 5. The number of nitrogens with one attached hydrogen (secondary N) is 1. The Kier molecular flexibility index (Phi) is 7.00. The van der Waals surface area contributed by atoms with Gasteiger partial charge in [0.2, 0.25) is 5.91 Å². The summed E-state index contributed by atoms with van der Waals surface area (Å²) >= 11 is 12.0. The number of amides is 2. The van der Waals surface area contributed by atoms with Gasteiger partial charge in [-0.15, -0.1) is 0 Å². The van der Waals surface area contributed by atoms with E-state index in [1.54, 1.807) is 54.5 Å². The average molecular weight is 436 g/mol. The van der Waals surface area contributed by atoms with Gasteiger partial charge < -0.3 is 15.0 Å². The summed E-state index contributed by atoms with van der Waals surface area (Å²) in [5, 5.41) is 3.92. The topological polar surface area (TPSA) is 61.9 Å². The summed E-state index contributed by atoms with van der Waals surface area (Å²) in [4.78, 5) is 29.1. The lowest BCUT2D eigenvalue weighted by Crippen LogP contribution is -2.54. The predicted octanol–water partition coefficient (Wildman–Crippen LogP) is 3.79. The lowest BCUT2D eigenvalue weighted by atomic mass is 10.1. The largest absolute Gasteiger partial charge is 0.495 e. The normalized spacial score (nSPS) is 15.7. The van der Waals surface area contributed by atoms with Crippen LogP contribution in [0.4, 0.5) is 5.69 Å². The first-order chi connectivity index (χ1) is 13.9. The van der Waals surface area contributed by atoms with Gasteiger partial charge >= 0.3 is 0 Å². The van der Waals surface area contributed by atoms with Crippen LogP contribution in [0.5, 0.6) is 5.75 Å². The summed E-state index contributed by atoms with van der Waals surface area (Å²) < 4.78 is 5.12. The van der Waals surface area contributed by atoms with Crippen molar-refractivity contribution in [1.82, 2.24) is 9.80 Å². The van der Waals surface area contributed by atoms with Gasteiger partial charge in [-0.25, -0.2) is 0 Å². The first kappa shape index (κ1) is 21.4. The summed E-state index contributed by atoms with van der Waals surface area (Å²) in [6.07, 6.45) is 0. The molecular formula is C21H23Cl2N3O3. The van der Waals surface area contributed by atoms with E-state index in [2.05, 4.69) is 10.2 Å². The summed E-state index contributed by atoms with van der Waals surface area (Å²) in [5.74, 6) is 0.411. The van der Waals surface area contributed by atoms with Crippen LogP contribution in [-0.2, 0) is 4.79 Å². The number of anilines is 1. The van der Waals surface area contributed by atoms with Crippen LogP contribution in [0.1, 0.15) is 17.3 Å². The standard InChI is InChI=1S/C21H23Cl2N3O3/c1-14(20(27)24-17-7-8-19(29-2)18(23)13-17)25-9-11-26(12-10-25)21(28)15-3-5-16(22)6-4-15/h3-8,13-14H,9-12H2,1-2H3,(H,24,27). The van der Waals surface area contributed by atoms with Crippen molar-refractivity contribution < 1.29 is 14.3 Å². The fourth-order valence-corrected chi connectivity index (χ4v) is 3.63. The first-order valence-corrected chi connectivity index (χ1v) is 10.1. The molecule has 1 heterocycles. The van der Waals surface area contributed by atoms with Crippen LogP contribution < -0.4 is 10.1 Å². The van der Waals surface area contributed by atoms with E-state index in [9.17, 15) is 9.59 Å². The molecule has 1 N–H and O–H groups in total. The highest BCUT2D eigenvalue weighted by molar-refractivity contribution is 6.32. The van der Waals surface area contributed by atoms with Crippen molar-refractivity contribution in [3.05, 3.63) is 58.1 Å². The summed E-state index contributed by atoms with van der Waals surface area (Å²) in [6, 6.07) is 11.7. The van der Waals surface area contributed by atoms with Crippen LogP contribution in [0.25, 0.3) is 0 Å². The molecule has 1 fully saturated rings. The fourth-order valence-electron chi connectivity index (χ4n) is 3.24.